The van der Waals surface area contributed by atoms with Crippen molar-refractivity contribution in [3.8, 4) is 11.3 Å². The van der Waals surface area contributed by atoms with Gasteiger partial charge >= 0.3 is 0 Å². The molecular weight excluding hydrogens is 200 g/mol. The molecule has 82 valence electrons. The zero-order valence-electron chi connectivity index (χ0n) is 9.36. The summed E-state index contributed by atoms with van der Waals surface area (Å²) < 4.78 is 0. The maximum atomic E-state index is 5.31. The van der Waals surface area contributed by atoms with Crippen LogP contribution < -0.4 is 11.3 Å². The Morgan fingerprint density at radius 2 is 1.94 bits per heavy atom. The van der Waals surface area contributed by atoms with Crippen molar-refractivity contribution in [2.45, 2.75) is 13.8 Å². The average Bonchev–Trinajstić information content (AvgIpc) is 2.29. The SMILES string of the molecule is Cc1cccc(-c2cc(C)c(NN)nn2)c1. The van der Waals surface area contributed by atoms with Crippen molar-refractivity contribution in [1.82, 2.24) is 10.2 Å². The molecule has 0 unspecified atom stereocenters. The number of nitrogens with two attached hydrogens (primary N) is 1. The summed E-state index contributed by atoms with van der Waals surface area (Å²) >= 11 is 0. The van der Waals surface area contributed by atoms with Gasteiger partial charge in [0, 0.05) is 5.56 Å². The first-order valence-electron chi connectivity index (χ1n) is 5.08. The van der Waals surface area contributed by atoms with Crippen LogP contribution in [-0.2, 0) is 0 Å². The van der Waals surface area contributed by atoms with Gasteiger partial charge in [0.25, 0.3) is 0 Å². The third kappa shape index (κ3) is 2.01. The minimum absolute atomic E-state index is 0.608. The van der Waals surface area contributed by atoms with Crippen molar-refractivity contribution < 1.29 is 0 Å². The molecule has 2 aromatic rings. The van der Waals surface area contributed by atoms with Gasteiger partial charge in [0.2, 0.25) is 0 Å². The Morgan fingerprint density at radius 3 is 2.56 bits per heavy atom. The topological polar surface area (TPSA) is 63.8 Å². The van der Waals surface area contributed by atoms with Crippen LogP contribution in [-0.4, -0.2) is 10.2 Å². The second-order valence-electron chi connectivity index (χ2n) is 3.78. The fourth-order valence-corrected chi connectivity index (χ4v) is 1.57. The number of hydrogen-bond donors (Lipinski definition) is 2. The number of hydrogen-bond acceptors (Lipinski definition) is 4. The first-order chi connectivity index (χ1) is 7.70. The van der Waals surface area contributed by atoms with Gasteiger partial charge in [-0.2, -0.15) is 0 Å². The van der Waals surface area contributed by atoms with Crippen LogP contribution in [0.3, 0.4) is 0 Å². The predicted octanol–water partition coefficient (Wildman–Crippen LogP) is 2.05. The van der Waals surface area contributed by atoms with E-state index in [0.717, 1.165) is 16.8 Å². The smallest absolute Gasteiger partial charge is 0.165 e. The molecular formula is C12H14N4. The lowest BCUT2D eigenvalue weighted by molar-refractivity contribution is 1.01. The molecule has 0 atom stereocenters. The highest BCUT2D eigenvalue weighted by Crippen LogP contribution is 2.20. The molecule has 0 saturated heterocycles. The molecule has 0 aliphatic carbocycles. The summed E-state index contributed by atoms with van der Waals surface area (Å²) in [7, 11) is 0. The van der Waals surface area contributed by atoms with Crippen LogP contribution in [0.1, 0.15) is 11.1 Å². The lowest BCUT2D eigenvalue weighted by atomic mass is 10.1. The Labute approximate surface area is 94.5 Å². The third-order valence-corrected chi connectivity index (χ3v) is 2.44. The number of aryl methyl sites for hydroxylation is 2. The molecule has 2 rings (SSSR count). The molecule has 1 aromatic carbocycles. The molecule has 0 bridgehead atoms. The average molecular weight is 214 g/mol. The summed E-state index contributed by atoms with van der Waals surface area (Å²) in [6.07, 6.45) is 0. The number of aromatic nitrogens is 2. The number of rotatable bonds is 2. The van der Waals surface area contributed by atoms with Crippen LogP contribution in [0.15, 0.2) is 30.3 Å². The number of benzene rings is 1. The van der Waals surface area contributed by atoms with E-state index in [1.807, 2.05) is 25.1 Å². The van der Waals surface area contributed by atoms with Crippen LogP contribution in [0.5, 0.6) is 0 Å². The summed E-state index contributed by atoms with van der Waals surface area (Å²) in [5.41, 5.74) is 6.63. The van der Waals surface area contributed by atoms with Crippen molar-refractivity contribution in [2.24, 2.45) is 5.84 Å². The van der Waals surface area contributed by atoms with Crippen molar-refractivity contribution in [3.05, 3.63) is 41.5 Å². The number of anilines is 1. The minimum Gasteiger partial charge on any atom is -0.307 e. The van der Waals surface area contributed by atoms with Crippen LogP contribution >= 0.6 is 0 Å². The molecule has 0 aliphatic rings. The summed E-state index contributed by atoms with van der Waals surface area (Å²) in [5, 5.41) is 8.15. The van der Waals surface area contributed by atoms with E-state index < -0.39 is 0 Å². The van der Waals surface area contributed by atoms with E-state index in [4.69, 9.17) is 5.84 Å². The Kier molecular flexibility index (Phi) is 2.83. The maximum absolute atomic E-state index is 5.31. The highest BCUT2D eigenvalue weighted by Gasteiger charge is 2.04. The van der Waals surface area contributed by atoms with Crippen LogP contribution in [0.2, 0.25) is 0 Å². The Bertz CT molecular complexity index is 508. The molecule has 3 N–H and O–H groups in total. The van der Waals surface area contributed by atoms with Gasteiger partial charge in [0.15, 0.2) is 5.82 Å². The van der Waals surface area contributed by atoms with Gasteiger partial charge in [0.1, 0.15) is 0 Å². The van der Waals surface area contributed by atoms with E-state index in [2.05, 4.69) is 34.7 Å². The monoisotopic (exact) mass is 214 g/mol. The van der Waals surface area contributed by atoms with E-state index in [9.17, 15) is 0 Å². The molecule has 0 fully saturated rings. The lowest BCUT2D eigenvalue weighted by Gasteiger charge is -2.05. The van der Waals surface area contributed by atoms with Gasteiger partial charge in [-0.3, -0.25) is 0 Å². The fourth-order valence-electron chi connectivity index (χ4n) is 1.57. The lowest BCUT2D eigenvalue weighted by Crippen LogP contribution is -2.11. The van der Waals surface area contributed by atoms with E-state index in [1.54, 1.807) is 0 Å². The highest BCUT2D eigenvalue weighted by atomic mass is 15.3. The summed E-state index contributed by atoms with van der Waals surface area (Å²) in [4.78, 5) is 0. The molecule has 1 aromatic heterocycles. The predicted molar refractivity (Wildman–Crippen MR) is 64.8 cm³/mol. The number of nitrogen functional groups attached to an aromatic ring is 1. The maximum Gasteiger partial charge on any atom is 0.165 e. The first kappa shape index (κ1) is 10.6. The molecule has 0 aliphatic heterocycles. The number of nitrogens with one attached hydrogen (secondary N) is 1. The van der Waals surface area contributed by atoms with Gasteiger partial charge in [-0.15, -0.1) is 10.2 Å². The van der Waals surface area contributed by atoms with Crippen LogP contribution in [0.4, 0.5) is 5.82 Å². The molecule has 0 radical (unpaired) electrons. The van der Waals surface area contributed by atoms with Gasteiger partial charge in [-0.25, -0.2) is 5.84 Å². The zero-order chi connectivity index (χ0) is 11.5. The fraction of sp³-hybridized carbons (Fsp3) is 0.167. The number of nitrogens with zero attached hydrogens (tertiary/aromatic N) is 2. The van der Waals surface area contributed by atoms with Crippen molar-refractivity contribution in [3.63, 3.8) is 0 Å². The standard InChI is InChI=1S/C12H14N4/c1-8-4-3-5-10(6-8)11-7-9(2)12(14-13)16-15-11/h3-7H,13H2,1-2H3,(H,14,16). The Hall–Kier alpha value is -1.94. The van der Waals surface area contributed by atoms with Gasteiger partial charge in [-0.1, -0.05) is 23.8 Å². The second-order valence-corrected chi connectivity index (χ2v) is 3.78. The third-order valence-electron chi connectivity index (χ3n) is 2.44. The number of hydrazine groups is 1. The van der Waals surface area contributed by atoms with Crippen molar-refractivity contribution in [1.29, 1.82) is 0 Å². The highest BCUT2D eigenvalue weighted by molar-refractivity contribution is 5.62. The van der Waals surface area contributed by atoms with Crippen LogP contribution in [0.25, 0.3) is 11.3 Å². The Balaban J connectivity index is 2.45. The van der Waals surface area contributed by atoms with Crippen LogP contribution in [0, 0.1) is 13.8 Å². The molecule has 0 amide bonds. The summed E-state index contributed by atoms with van der Waals surface area (Å²) in [6.45, 7) is 4.00. The molecule has 4 heteroatoms. The summed E-state index contributed by atoms with van der Waals surface area (Å²) in [5.74, 6) is 5.92. The molecule has 16 heavy (non-hydrogen) atoms. The van der Waals surface area contributed by atoms with Crippen molar-refractivity contribution in [2.75, 3.05) is 5.43 Å². The minimum atomic E-state index is 0.608. The zero-order valence-corrected chi connectivity index (χ0v) is 9.36. The van der Waals surface area contributed by atoms with E-state index in [1.165, 1.54) is 5.56 Å². The van der Waals surface area contributed by atoms with E-state index in [0.29, 0.717) is 5.82 Å². The van der Waals surface area contributed by atoms with E-state index >= 15 is 0 Å². The normalized spacial score (nSPS) is 10.2. The largest absolute Gasteiger partial charge is 0.307 e. The molecule has 4 nitrogen and oxygen atoms in total. The Morgan fingerprint density at radius 1 is 1.12 bits per heavy atom. The quantitative estimate of drug-likeness (QED) is 0.593. The first-order valence-corrected chi connectivity index (χ1v) is 5.08. The van der Waals surface area contributed by atoms with Gasteiger partial charge in [0.05, 0.1) is 5.69 Å². The molecule has 1 heterocycles. The molecule has 0 saturated carbocycles. The second kappa shape index (κ2) is 4.28. The van der Waals surface area contributed by atoms with Gasteiger partial charge in [-0.05, 0) is 31.5 Å². The van der Waals surface area contributed by atoms with E-state index in [-0.39, 0.29) is 0 Å². The summed E-state index contributed by atoms with van der Waals surface area (Å²) in [6, 6.07) is 10.1. The van der Waals surface area contributed by atoms with Gasteiger partial charge < -0.3 is 5.43 Å². The molecule has 0 spiro atoms. The van der Waals surface area contributed by atoms with Crippen molar-refractivity contribution >= 4 is 5.82 Å².